The van der Waals surface area contributed by atoms with Crippen LogP contribution in [0.3, 0.4) is 0 Å². The minimum atomic E-state index is -6.26. The van der Waals surface area contributed by atoms with Crippen molar-refractivity contribution in [2.24, 2.45) is 11.7 Å². The summed E-state index contributed by atoms with van der Waals surface area (Å²) in [5.41, 5.74) is -3.21. The summed E-state index contributed by atoms with van der Waals surface area (Å²) < 4.78 is 160. The van der Waals surface area contributed by atoms with Crippen molar-refractivity contribution in [1.29, 1.82) is 0 Å². The highest BCUT2D eigenvalue weighted by Gasteiger charge is 2.73. The van der Waals surface area contributed by atoms with E-state index in [9.17, 15) is 62.3 Å². The van der Waals surface area contributed by atoms with Gasteiger partial charge in [-0.25, -0.2) is 21.6 Å². The number of carbonyl (C=O) groups is 3. The van der Waals surface area contributed by atoms with Crippen LogP contribution in [0, 0.1) is 23.4 Å². The van der Waals surface area contributed by atoms with Gasteiger partial charge in [0.1, 0.15) is 22.2 Å². The standard InChI is InChI=1S/C34H30F9N3O6S/c35-23-8-10-24(11-9-23)53(50,51)31(14-17-46(19-31)29(48)20-12-15-45(16-13-20)30(49)28(44)47)21-4-6-22(7-5-21)32(33(38,39)40,34(41,42)43)52-18-25-26(36)2-1-3-27(25)37/h1-11,20H,12-19H2,(H2,44,47)/t31-/m0/s1. The maximum absolute atomic E-state index is 14.6. The van der Waals surface area contributed by atoms with E-state index in [2.05, 4.69) is 4.74 Å². The second-order valence-corrected chi connectivity index (χ2v) is 14.9. The van der Waals surface area contributed by atoms with Gasteiger partial charge in [-0.2, -0.15) is 26.3 Å². The van der Waals surface area contributed by atoms with Crippen LogP contribution in [-0.2, 0) is 45.9 Å². The molecular formula is C34H30F9N3O6S. The molecule has 286 valence electrons. The predicted molar refractivity (Wildman–Crippen MR) is 166 cm³/mol. The minimum Gasteiger partial charge on any atom is -0.361 e. The second-order valence-electron chi connectivity index (χ2n) is 12.6. The lowest BCUT2D eigenvalue weighted by Crippen LogP contribution is -2.56. The van der Waals surface area contributed by atoms with E-state index in [1.54, 1.807) is 0 Å². The lowest BCUT2D eigenvalue weighted by atomic mass is 9.88. The molecule has 0 bridgehead atoms. The Morgan fingerprint density at radius 3 is 1.85 bits per heavy atom. The lowest BCUT2D eigenvalue weighted by Gasteiger charge is -2.38. The quantitative estimate of drug-likeness (QED) is 0.189. The molecule has 3 amide bonds. The summed E-state index contributed by atoms with van der Waals surface area (Å²) in [6.45, 7) is -2.67. The number of hydrogen-bond acceptors (Lipinski definition) is 6. The van der Waals surface area contributed by atoms with E-state index in [1.165, 1.54) is 4.90 Å². The minimum absolute atomic E-state index is 0.0156. The zero-order valence-electron chi connectivity index (χ0n) is 27.3. The van der Waals surface area contributed by atoms with Crippen LogP contribution in [0.4, 0.5) is 39.5 Å². The first-order chi connectivity index (χ1) is 24.7. The van der Waals surface area contributed by atoms with E-state index in [0.717, 1.165) is 35.2 Å². The molecule has 53 heavy (non-hydrogen) atoms. The van der Waals surface area contributed by atoms with Gasteiger partial charge in [0.05, 0.1) is 11.5 Å². The number of nitrogens with two attached hydrogens (primary N) is 1. The molecular weight excluding hydrogens is 749 g/mol. The molecule has 9 nitrogen and oxygen atoms in total. The van der Waals surface area contributed by atoms with Crippen LogP contribution in [0.15, 0.2) is 71.6 Å². The molecule has 0 radical (unpaired) electrons. The van der Waals surface area contributed by atoms with Crippen LogP contribution in [-0.4, -0.2) is 74.5 Å². The largest absolute Gasteiger partial charge is 0.430 e. The van der Waals surface area contributed by atoms with Gasteiger partial charge in [-0.1, -0.05) is 30.3 Å². The van der Waals surface area contributed by atoms with Crippen LogP contribution in [0.1, 0.15) is 36.0 Å². The molecule has 5 rings (SSSR count). The number of benzene rings is 3. The molecule has 0 spiro atoms. The fourth-order valence-electron chi connectivity index (χ4n) is 6.76. The van der Waals surface area contributed by atoms with Crippen molar-refractivity contribution in [2.45, 2.75) is 53.5 Å². The third kappa shape index (κ3) is 7.07. The monoisotopic (exact) mass is 779 g/mol. The molecule has 2 N–H and O–H groups in total. The number of sulfone groups is 1. The Morgan fingerprint density at radius 2 is 1.34 bits per heavy atom. The van der Waals surface area contributed by atoms with Crippen LogP contribution < -0.4 is 5.73 Å². The molecule has 3 aromatic carbocycles. The van der Waals surface area contributed by atoms with E-state index in [4.69, 9.17) is 5.73 Å². The van der Waals surface area contributed by atoms with Gasteiger partial charge in [-0.15, -0.1) is 0 Å². The van der Waals surface area contributed by atoms with Crippen molar-refractivity contribution >= 4 is 27.6 Å². The first kappa shape index (κ1) is 39.6. The van der Waals surface area contributed by atoms with Gasteiger partial charge in [0.2, 0.25) is 5.91 Å². The summed E-state index contributed by atoms with van der Waals surface area (Å²) in [6.07, 6.45) is -12.8. The molecule has 2 aliphatic rings. The zero-order valence-corrected chi connectivity index (χ0v) is 28.1. The number of alkyl halides is 6. The number of hydrogen-bond donors (Lipinski definition) is 1. The molecule has 19 heteroatoms. The number of carbonyl (C=O) groups excluding carboxylic acids is 3. The Balaban J connectivity index is 1.54. The smallest absolute Gasteiger partial charge is 0.361 e. The SMILES string of the molecule is NC(=O)C(=O)N1CCC(C(=O)N2CC[C@](c3ccc(C(OCc4c(F)cccc4F)(C(F)(F)F)C(F)(F)F)cc3)(S(=O)(=O)c3ccc(F)cc3)C2)CC1. The van der Waals surface area contributed by atoms with Gasteiger partial charge >= 0.3 is 24.2 Å². The van der Waals surface area contributed by atoms with Crippen LogP contribution >= 0.6 is 0 Å². The maximum Gasteiger partial charge on any atom is 0.430 e. The normalized spacial score (nSPS) is 19.0. The summed E-state index contributed by atoms with van der Waals surface area (Å²) in [5, 5.41) is 0. The second kappa shape index (κ2) is 14.3. The van der Waals surface area contributed by atoms with Gasteiger partial charge in [-0.05, 0) is 61.2 Å². The molecule has 0 saturated carbocycles. The van der Waals surface area contributed by atoms with Crippen LogP contribution in [0.2, 0.25) is 0 Å². The average Bonchev–Trinajstić information content (AvgIpc) is 3.56. The van der Waals surface area contributed by atoms with Gasteiger partial charge in [0, 0.05) is 43.2 Å². The van der Waals surface area contributed by atoms with E-state index >= 15 is 0 Å². The van der Waals surface area contributed by atoms with E-state index < -0.39 is 103 Å². The Bertz CT molecular complexity index is 1950. The predicted octanol–water partition coefficient (Wildman–Crippen LogP) is 5.27. The van der Waals surface area contributed by atoms with Crippen molar-refractivity contribution in [3.05, 3.63) is 101 Å². The molecule has 0 aliphatic carbocycles. The number of amides is 3. The number of ether oxygens (including phenoxy) is 1. The number of likely N-dealkylation sites (tertiary alicyclic amines) is 2. The summed E-state index contributed by atoms with van der Waals surface area (Å²) >= 11 is 0. The summed E-state index contributed by atoms with van der Waals surface area (Å²) in [4.78, 5) is 38.8. The highest BCUT2D eigenvalue weighted by Crippen LogP contribution is 2.54. The summed E-state index contributed by atoms with van der Waals surface area (Å²) in [7, 11) is -4.68. The Morgan fingerprint density at radius 1 is 0.792 bits per heavy atom. The maximum atomic E-state index is 14.6. The third-order valence-electron chi connectivity index (χ3n) is 9.63. The summed E-state index contributed by atoms with van der Waals surface area (Å²) in [5.74, 6) is -7.16. The Hall–Kier alpha value is -4.65. The molecule has 1 atom stereocenters. The van der Waals surface area contributed by atoms with Gasteiger partial charge in [0.25, 0.3) is 5.60 Å². The molecule has 2 saturated heterocycles. The topological polar surface area (TPSA) is 127 Å². The molecule has 0 unspecified atom stereocenters. The van der Waals surface area contributed by atoms with Crippen LogP contribution in [0.25, 0.3) is 0 Å². The molecule has 2 fully saturated rings. The molecule has 0 aromatic heterocycles. The van der Waals surface area contributed by atoms with Crippen molar-refractivity contribution in [2.75, 3.05) is 26.2 Å². The third-order valence-corrected chi connectivity index (χ3v) is 12.1. The van der Waals surface area contributed by atoms with Crippen molar-refractivity contribution < 1.29 is 67.1 Å². The molecule has 2 aliphatic heterocycles. The number of nitrogens with zero attached hydrogens (tertiary/aromatic N) is 2. The first-order valence-electron chi connectivity index (χ1n) is 15.9. The molecule has 3 aromatic rings. The molecule has 2 heterocycles. The van der Waals surface area contributed by atoms with Crippen molar-refractivity contribution in [3.8, 4) is 0 Å². The lowest BCUT2D eigenvalue weighted by molar-refractivity contribution is -0.392. The zero-order chi connectivity index (χ0) is 39.1. The number of rotatable bonds is 8. The fraction of sp³-hybridized carbons (Fsp3) is 0.382. The van der Waals surface area contributed by atoms with Crippen molar-refractivity contribution in [1.82, 2.24) is 9.80 Å². The number of primary amides is 1. The highest BCUT2D eigenvalue weighted by atomic mass is 32.2. The van der Waals surface area contributed by atoms with Crippen LogP contribution in [0.5, 0.6) is 0 Å². The number of piperidine rings is 1. The number of halogens is 9. The highest BCUT2D eigenvalue weighted by molar-refractivity contribution is 7.92. The van der Waals surface area contributed by atoms with E-state index in [-0.39, 0.29) is 44.5 Å². The van der Waals surface area contributed by atoms with Gasteiger partial charge in [0.15, 0.2) is 9.84 Å². The fourth-order valence-corrected chi connectivity index (χ4v) is 8.84. The van der Waals surface area contributed by atoms with Gasteiger partial charge < -0.3 is 20.3 Å². The average molecular weight is 780 g/mol. The van der Waals surface area contributed by atoms with Gasteiger partial charge in [-0.3, -0.25) is 14.4 Å². The van der Waals surface area contributed by atoms with Crippen molar-refractivity contribution in [3.63, 3.8) is 0 Å². The summed E-state index contributed by atoms with van der Waals surface area (Å²) in [6, 6.07) is 7.67. The van der Waals surface area contributed by atoms with E-state index in [0.29, 0.717) is 36.4 Å². The Kier molecular flexibility index (Phi) is 10.7. The van der Waals surface area contributed by atoms with E-state index in [1.807, 2.05) is 0 Å². The first-order valence-corrected chi connectivity index (χ1v) is 17.3. The Labute approximate surface area is 296 Å².